The topological polar surface area (TPSA) is 88.2 Å². The summed E-state index contributed by atoms with van der Waals surface area (Å²) in [6.45, 7) is 4.09. The van der Waals surface area contributed by atoms with Crippen molar-refractivity contribution in [2.75, 3.05) is 18.9 Å². The number of hydrogen-bond donors (Lipinski definition) is 3. The molecule has 1 heterocycles. The van der Waals surface area contributed by atoms with E-state index < -0.39 is 0 Å². The van der Waals surface area contributed by atoms with E-state index in [1.54, 1.807) is 12.1 Å². The summed E-state index contributed by atoms with van der Waals surface area (Å²) in [5.74, 6) is -0.320. The molecule has 1 aromatic heterocycles. The number of nitrogens with zero attached hydrogens (tertiary/aromatic N) is 1. The van der Waals surface area contributed by atoms with Crippen LogP contribution in [-0.2, 0) is 0 Å². The van der Waals surface area contributed by atoms with Crippen LogP contribution in [0.3, 0.4) is 0 Å². The molecule has 16 heavy (non-hydrogen) atoms. The van der Waals surface area contributed by atoms with E-state index in [0.29, 0.717) is 12.2 Å². The lowest BCUT2D eigenvalue weighted by atomic mass is 9.95. The van der Waals surface area contributed by atoms with Gasteiger partial charge in [-0.25, -0.2) is 4.98 Å². The number of hydrogen-bond acceptors (Lipinski definition) is 4. The fraction of sp³-hybridized carbons (Fsp3) is 0.455. The molecule has 0 atom stereocenters. The van der Waals surface area contributed by atoms with Crippen LogP contribution in [-0.4, -0.2) is 29.1 Å². The second-order valence-electron chi connectivity index (χ2n) is 4.45. The third-order valence-corrected chi connectivity index (χ3v) is 2.21. The first kappa shape index (κ1) is 12.4. The third kappa shape index (κ3) is 3.20. The number of rotatable bonds is 4. The molecule has 1 aromatic rings. The van der Waals surface area contributed by atoms with Gasteiger partial charge >= 0.3 is 0 Å². The first-order chi connectivity index (χ1) is 7.46. The van der Waals surface area contributed by atoms with Crippen LogP contribution in [0.1, 0.15) is 24.3 Å². The molecule has 0 saturated carbocycles. The predicted octanol–water partition coefficient (Wildman–Crippen LogP) is 0.412. The summed E-state index contributed by atoms with van der Waals surface area (Å²) in [5.41, 5.74) is 5.84. The summed E-state index contributed by atoms with van der Waals surface area (Å²) in [5, 5.41) is 11.7. The number of carbonyl (C=O) groups is 1. The number of pyridine rings is 1. The first-order valence-electron chi connectivity index (χ1n) is 5.06. The molecule has 88 valence electrons. The van der Waals surface area contributed by atoms with Crippen molar-refractivity contribution >= 4 is 11.6 Å². The van der Waals surface area contributed by atoms with Crippen molar-refractivity contribution in [1.82, 2.24) is 10.3 Å². The summed E-state index contributed by atoms with van der Waals surface area (Å²) in [7, 11) is 0. The Balaban J connectivity index is 2.64. The van der Waals surface area contributed by atoms with Gasteiger partial charge in [0.15, 0.2) is 5.69 Å². The van der Waals surface area contributed by atoms with Gasteiger partial charge in [-0.1, -0.05) is 13.8 Å². The van der Waals surface area contributed by atoms with Crippen LogP contribution in [0.5, 0.6) is 0 Å². The molecule has 4 N–H and O–H groups in total. The number of nitrogens with one attached hydrogen (secondary N) is 1. The van der Waals surface area contributed by atoms with E-state index in [9.17, 15) is 4.79 Å². The smallest absolute Gasteiger partial charge is 0.272 e. The zero-order chi connectivity index (χ0) is 12.2. The van der Waals surface area contributed by atoms with E-state index >= 15 is 0 Å². The highest BCUT2D eigenvalue weighted by Crippen LogP contribution is 2.12. The average Bonchev–Trinajstić information content (AvgIpc) is 2.27. The third-order valence-electron chi connectivity index (χ3n) is 2.21. The summed E-state index contributed by atoms with van der Waals surface area (Å²) < 4.78 is 0. The van der Waals surface area contributed by atoms with Gasteiger partial charge in [0.05, 0.1) is 5.69 Å². The van der Waals surface area contributed by atoms with Gasteiger partial charge in [-0.05, 0) is 12.1 Å². The summed E-state index contributed by atoms with van der Waals surface area (Å²) in [4.78, 5) is 15.6. The van der Waals surface area contributed by atoms with Gasteiger partial charge in [-0.3, -0.25) is 4.79 Å². The van der Waals surface area contributed by atoms with Crippen LogP contribution in [0.4, 0.5) is 5.69 Å². The molecule has 0 unspecified atom stereocenters. The van der Waals surface area contributed by atoms with Gasteiger partial charge in [0, 0.05) is 24.8 Å². The molecule has 0 aliphatic heterocycles. The van der Waals surface area contributed by atoms with Crippen molar-refractivity contribution < 1.29 is 9.90 Å². The molecule has 0 fully saturated rings. The van der Waals surface area contributed by atoms with E-state index in [1.807, 2.05) is 13.8 Å². The molecule has 0 aromatic carbocycles. The summed E-state index contributed by atoms with van der Waals surface area (Å²) in [6.07, 6.45) is 1.52. The monoisotopic (exact) mass is 223 g/mol. The number of anilines is 1. The quantitative estimate of drug-likeness (QED) is 0.690. The van der Waals surface area contributed by atoms with Crippen molar-refractivity contribution in [3.05, 3.63) is 24.0 Å². The first-order valence-corrected chi connectivity index (χ1v) is 5.06. The number of nitrogens with two attached hydrogens (primary N) is 1. The van der Waals surface area contributed by atoms with Gasteiger partial charge in [-0.2, -0.15) is 0 Å². The van der Waals surface area contributed by atoms with E-state index in [-0.39, 0.29) is 23.6 Å². The molecule has 1 rings (SSSR count). The zero-order valence-electron chi connectivity index (χ0n) is 9.53. The fourth-order valence-electron chi connectivity index (χ4n) is 1.07. The molecule has 5 nitrogen and oxygen atoms in total. The van der Waals surface area contributed by atoms with Crippen molar-refractivity contribution in [2.45, 2.75) is 13.8 Å². The van der Waals surface area contributed by atoms with Gasteiger partial charge < -0.3 is 16.2 Å². The lowest BCUT2D eigenvalue weighted by molar-refractivity contribution is 0.0907. The Labute approximate surface area is 94.7 Å². The van der Waals surface area contributed by atoms with Crippen molar-refractivity contribution in [3.63, 3.8) is 0 Å². The highest BCUT2D eigenvalue weighted by Gasteiger charge is 2.19. The summed E-state index contributed by atoms with van der Waals surface area (Å²) >= 11 is 0. The van der Waals surface area contributed by atoms with Gasteiger partial charge in [-0.15, -0.1) is 0 Å². The van der Waals surface area contributed by atoms with E-state index in [1.165, 1.54) is 6.20 Å². The lowest BCUT2D eigenvalue weighted by Gasteiger charge is -2.21. The number of aromatic nitrogens is 1. The molecular formula is C11H17N3O2. The highest BCUT2D eigenvalue weighted by molar-refractivity contribution is 5.96. The molecule has 0 bridgehead atoms. The molecular weight excluding hydrogens is 206 g/mol. The molecule has 0 aliphatic rings. The van der Waals surface area contributed by atoms with Crippen LogP contribution >= 0.6 is 0 Å². The van der Waals surface area contributed by atoms with Crippen LogP contribution < -0.4 is 11.1 Å². The Morgan fingerprint density at radius 1 is 1.62 bits per heavy atom. The molecule has 0 saturated heterocycles. The minimum Gasteiger partial charge on any atom is -0.397 e. The zero-order valence-corrected chi connectivity index (χ0v) is 9.53. The fourth-order valence-corrected chi connectivity index (χ4v) is 1.07. The van der Waals surface area contributed by atoms with Crippen molar-refractivity contribution in [1.29, 1.82) is 0 Å². The molecule has 1 amide bonds. The van der Waals surface area contributed by atoms with Crippen LogP contribution in [0.15, 0.2) is 18.3 Å². The van der Waals surface area contributed by atoms with E-state index in [2.05, 4.69) is 10.3 Å². The highest BCUT2D eigenvalue weighted by atomic mass is 16.3. The number of aliphatic hydroxyl groups excluding tert-OH is 1. The Hall–Kier alpha value is -1.62. The molecule has 0 spiro atoms. The van der Waals surface area contributed by atoms with E-state index in [4.69, 9.17) is 10.8 Å². The molecule has 0 radical (unpaired) electrons. The standard InChI is InChI=1S/C11H17N3O2/c1-11(2,7-15)6-14-10(16)9-8(12)4-3-5-13-9/h3-5,15H,6-7,12H2,1-2H3,(H,14,16). The Morgan fingerprint density at radius 3 is 2.88 bits per heavy atom. The predicted molar refractivity (Wildman–Crippen MR) is 61.8 cm³/mol. The second-order valence-corrected chi connectivity index (χ2v) is 4.45. The maximum Gasteiger partial charge on any atom is 0.272 e. The average molecular weight is 223 g/mol. The maximum atomic E-state index is 11.7. The SMILES string of the molecule is CC(C)(CO)CNC(=O)c1ncccc1N. The van der Waals surface area contributed by atoms with Gasteiger partial charge in [0.2, 0.25) is 0 Å². The van der Waals surface area contributed by atoms with Gasteiger partial charge in [0.1, 0.15) is 0 Å². The van der Waals surface area contributed by atoms with E-state index in [0.717, 1.165) is 0 Å². The van der Waals surface area contributed by atoms with Crippen molar-refractivity contribution in [2.24, 2.45) is 5.41 Å². The number of nitrogen functional groups attached to an aromatic ring is 1. The minimum absolute atomic E-state index is 0.00494. The van der Waals surface area contributed by atoms with Crippen LogP contribution in [0, 0.1) is 5.41 Å². The van der Waals surface area contributed by atoms with Crippen molar-refractivity contribution in [3.8, 4) is 0 Å². The van der Waals surface area contributed by atoms with Crippen LogP contribution in [0.2, 0.25) is 0 Å². The van der Waals surface area contributed by atoms with Crippen LogP contribution in [0.25, 0.3) is 0 Å². The minimum atomic E-state index is -0.348. The lowest BCUT2D eigenvalue weighted by Crippen LogP contribution is -2.36. The summed E-state index contributed by atoms with van der Waals surface area (Å²) in [6, 6.07) is 3.29. The Kier molecular flexibility index (Phi) is 3.84. The maximum absolute atomic E-state index is 11.7. The second kappa shape index (κ2) is 4.94. The normalized spacial score (nSPS) is 11.2. The largest absolute Gasteiger partial charge is 0.397 e. The molecule has 5 heteroatoms. The van der Waals surface area contributed by atoms with Gasteiger partial charge in [0.25, 0.3) is 5.91 Å². The Morgan fingerprint density at radius 2 is 2.31 bits per heavy atom. The number of aliphatic hydroxyl groups is 1. The Bertz CT molecular complexity index is 377. The number of carbonyl (C=O) groups excluding carboxylic acids is 1. The number of amides is 1. The molecule has 0 aliphatic carbocycles.